The fourth-order valence-electron chi connectivity index (χ4n) is 0.856. The van der Waals surface area contributed by atoms with E-state index in [9.17, 15) is 5.11 Å². The van der Waals surface area contributed by atoms with E-state index in [1.165, 1.54) is 4.90 Å². The van der Waals surface area contributed by atoms with Crippen molar-refractivity contribution < 1.29 is 5.11 Å². The number of benzene rings is 1. The summed E-state index contributed by atoms with van der Waals surface area (Å²) in [7, 11) is 0. The Balaban J connectivity index is 2.36. The van der Waals surface area contributed by atoms with E-state index in [4.69, 9.17) is 0 Å². The van der Waals surface area contributed by atoms with Gasteiger partial charge in [0.2, 0.25) is 0 Å². The molecule has 1 radical (unpaired) electrons. The van der Waals surface area contributed by atoms with Gasteiger partial charge in [-0.2, -0.15) is 0 Å². The van der Waals surface area contributed by atoms with Crippen molar-refractivity contribution in [2.24, 2.45) is 0 Å². The van der Waals surface area contributed by atoms with E-state index < -0.39 is 0 Å². The Labute approximate surface area is 83.5 Å². The molecule has 2 heteroatoms. The highest BCUT2D eigenvalue weighted by Gasteiger charge is 1.90. The van der Waals surface area contributed by atoms with Crippen LogP contribution in [0.1, 0.15) is 6.92 Å². The first-order valence-electron chi connectivity index (χ1n) is 4.24. The predicted octanol–water partition coefficient (Wildman–Crippen LogP) is 3.16. The Morgan fingerprint density at radius 3 is 2.69 bits per heavy atom. The molecule has 0 saturated heterocycles. The van der Waals surface area contributed by atoms with E-state index in [0.29, 0.717) is 0 Å². The van der Waals surface area contributed by atoms with E-state index in [0.717, 1.165) is 11.3 Å². The molecule has 0 aliphatic heterocycles. The summed E-state index contributed by atoms with van der Waals surface area (Å²) in [6, 6.07) is 10.2. The minimum Gasteiger partial charge on any atom is -0.232 e. The summed E-state index contributed by atoms with van der Waals surface area (Å²) in [5.74, 6) is 0.887. The lowest BCUT2D eigenvalue weighted by Crippen LogP contribution is -1.83. The van der Waals surface area contributed by atoms with Gasteiger partial charge in [-0.15, -0.1) is 11.8 Å². The third-order valence-electron chi connectivity index (χ3n) is 1.65. The zero-order valence-electron chi connectivity index (χ0n) is 7.69. The Morgan fingerprint density at radius 2 is 2.08 bits per heavy atom. The SMILES string of the molecule is C/C(=C\CSc1ccccc1)C[O]. The highest BCUT2D eigenvalue weighted by molar-refractivity contribution is 7.99. The van der Waals surface area contributed by atoms with Gasteiger partial charge in [0.1, 0.15) is 6.61 Å². The molecule has 1 nitrogen and oxygen atoms in total. The van der Waals surface area contributed by atoms with Crippen LogP contribution in [0.25, 0.3) is 0 Å². The van der Waals surface area contributed by atoms with Crippen LogP contribution in [0, 0.1) is 0 Å². The largest absolute Gasteiger partial charge is 0.232 e. The van der Waals surface area contributed by atoms with Crippen LogP contribution in [-0.2, 0) is 5.11 Å². The van der Waals surface area contributed by atoms with E-state index in [1.54, 1.807) is 11.8 Å². The Morgan fingerprint density at radius 1 is 1.38 bits per heavy atom. The van der Waals surface area contributed by atoms with E-state index in [2.05, 4.69) is 12.1 Å². The summed E-state index contributed by atoms with van der Waals surface area (Å²) in [6.45, 7) is 1.79. The van der Waals surface area contributed by atoms with E-state index in [-0.39, 0.29) is 6.61 Å². The summed E-state index contributed by atoms with van der Waals surface area (Å²) < 4.78 is 0. The molecule has 0 heterocycles. The molecule has 0 N–H and O–H groups in total. The molecule has 0 spiro atoms. The maximum atomic E-state index is 10.4. The van der Waals surface area contributed by atoms with Crippen LogP contribution < -0.4 is 0 Å². The van der Waals surface area contributed by atoms with Crippen molar-refractivity contribution in [3.8, 4) is 0 Å². The molecule has 0 atom stereocenters. The van der Waals surface area contributed by atoms with E-state index in [1.807, 2.05) is 31.2 Å². The molecule has 1 aromatic carbocycles. The lowest BCUT2D eigenvalue weighted by Gasteiger charge is -1.97. The number of hydrogen-bond donors (Lipinski definition) is 0. The second-order valence-corrected chi connectivity index (χ2v) is 3.91. The summed E-state index contributed by atoms with van der Waals surface area (Å²) in [6.07, 6.45) is 1.99. The number of rotatable bonds is 4. The molecule has 0 unspecified atom stereocenters. The maximum absolute atomic E-state index is 10.4. The lowest BCUT2D eigenvalue weighted by atomic mass is 10.3. The van der Waals surface area contributed by atoms with Crippen molar-refractivity contribution in [2.75, 3.05) is 12.4 Å². The normalized spacial score (nSPS) is 11.7. The first-order chi connectivity index (χ1) is 6.33. The zero-order valence-corrected chi connectivity index (χ0v) is 8.51. The third kappa shape index (κ3) is 4.15. The molecular formula is C11H13OS. The third-order valence-corrected chi connectivity index (χ3v) is 2.59. The zero-order chi connectivity index (χ0) is 9.52. The molecule has 0 aromatic heterocycles. The van der Waals surface area contributed by atoms with Gasteiger partial charge >= 0.3 is 0 Å². The van der Waals surface area contributed by atoms with Gasteiger partial charge in [0, 0.05) is 10.6 Å². The molecule has 0 aliphatic rings. The van der Waals surface area contributed by atoms with Gasteiger partial charge in [-0.3, -0.25) is 0 Å². The Bertz CT molecular complexity index is 267. The van der Waals surface area contributed by atoms with Crippen LogP contribution >= 0.6 is 11.8 Å². The minimum atomic E-state index is -0.0879. The van der Waals surface area contributed by atoms with E-state index >= 15 is 0 Å². The van der Waals surface area contributed by atoms with Crippen LogP contribution in [-0.4, -0.2) is 12.4 Å². The quantitative estimate of drug-likeness (QED) is 0.531. The standard InChI is InChI=1S/C11H13OS/c1-10(9-12)7-8-13-11-5-3-2-4-6-11/h2-7H,8-9H2,1H3/b10-7+. The summed E-state index contributed by atoms with van der Waals surface area (Å²) in [5.41, 5.74) is 0.920. The molecule has 13 heavy (non-hydrogen) atoms. The number of thioether (sulfide) groups is 1. The summed E-state index contributed by atoms with van der Waals surface area (Å²) in [5, 5.41) is 10.4. The van der Waals surface area contributed by atoms with Gasteiger partial charge < -0.3 is 0 Å². The molecule has 69 valence electrons. The molecule has 0 fully saturated rings. The average Bonchev–Trinajstić information content (AvgIpc) is 2.19. The minimum absolute atomic E-state index is 0.0879. The van der Waals surface area contributed by atoms with Crippen molar-refractivity contribution in [3.05, 3.63) is 42.0 Å². The molecule has 0 amide bonds. The van der Waals surface area contributed by atoms with Crippen LogP contribution in [0.3, 0.4) is 0 Å². The first kappa shape index (κ1) is 10.4. The highest BCUT2D eigenvalue weighted by atomic mass is 32.2. The van der Waals surface area contributed by atoms with Crippen molar-refractivity contribution in [2.45, 2.75) is 11.8 Å². The Hall–Kier alpha value is -0.730. The molecule has 1 rings (SSSR count). The second kappa shape index (κ2) is 5.84. The fourth-order valence-corrected chi connectivity index (χ4v) is 1.77. The Kier molecular flexibility index (Phi) is 4.65. The van der Waals surface area contributed by atoms with Gasteiger partial charge in [-0.1, -0.05) is 24.3 Å². The van der Waals surface area contributed by atoms with Crippen LogP contribution in [0.15, 0.2) is 46.9 Å². The lowest BCUT2D eigenvalue weighted by molar-refractivity contribution is 0.223. The van der Waals surface area contributed by atoms with Crippen molar-refractivity contribution >= 4 is 11.8 Å². The first-order valence-corrected chi connectivity index (χ1v) is 5.23. The van der Waals surface area contributed by atoms with Crippen LogP contribution in [0.4, 0.5) is 0 Å². The summed E-state index contributed by atoms with van der Waals surface area (Å²) in [4.78, 5) is 1.25. The molecule has 0 saturated carbocycles. The molecule has 1 aromatic rings. The highest BCUT2D eigenvalue weighted by Crippen LogP contribution is 2.17. The predicted molar refractivity (Wildman–Crippen MR) is 56.5 cm³/mol. The van der Waals surface area contributed by atoms with Gasteiger partial charge in [0.05, 0.1) is 0 Å². The molecule has 0 aliphatic carbocycles. The van der Waals surface area contributed by atoms with Gasteiger partial charge in [-0.05, 0) is 24.6 Å². The van der Waals surface area contributed by atoms with Crippen LogP contribution in [0.2, 0.25) is 0 Å². The number of hydrogen-bond acceptors (Lipinski definition) is 1. The van der Waals surface area contributed by atoms with Gasteiger partial charge in [0.25, 0.3) is 0 Å². The molecule has 0 bridgehead atoms. The topological polar surface area (TPSA) is 19.9 Å². The van der Waals surface area contributed by atoms with Gasteiger partial charge in [0.15, 0.2) is 0 Å². The monoisotopic (exact) mass is 193 g/mol. The van der Waals surface area contributed by atoms with Crippen molar-refractivity contribution in [1.29, 1.82) is 0 Å². The molecular weight excluding hydrogens is 180 g/mol. The van der Waals surface area contributed by atoms with Crippen LogP contribution in [0.5, 0.6) is 0 Å². The van der Waals surface area contributed by atoms with Crippen molar-refractivity contribution in [1.82, 2.24) is 0 Å². The summed E-state index contributed by atoms with van der Waals surface area (Å²) >= 11 is 1.75. The maximum Gasteiger partial charge on any atom is 0.103 e. The van der Waals surface area contributed by atoms with Gasteiger partial charge in [-0.25, -0.2) is 5.11 Å². The van der Waals surface area contributed by atoms with Crippen molar-refractivity contribution in [3.63, 3.8) is 0 Å². The second-order valence-electron chi connectivity index (χ2n) is 2.82. The average molecular weight is 193 g/mol. The smallest absolute Gasteiger partial charge is 0.103 e. The fraction of sp³-hybridized carbons (Fsp3) is 0.273.